The van der Waals surface area contributed by atoms with E-state index in [1.54, 1.807) is 42.5 Å². The van der Waals surface area contributed by atoms with Gasteiger partial charge in [0.2, 0.25) is 0 Å². The molecule has 3 heterocycles. The average Bonchev–Trinajstić information content (AvgIpc) is 3.83. The molecule has 0 atom stereocenters. The maximum absolute atomic E-state index is 5.13. The first-order valence-electron chi connectivity index (χ1n) is 22.4. The van der Waals surface area contributed by atoms with Crippen LogP contribution in [-0.4, -0.2) is 34.9 Å². The molecule has 1 aromatic carbocycles. The van der Waals surface area contributed by atoms with Gasteiger partial charge >= 0.3 is 0 Å². The van der Waals surface area contributed by atoms with Gasteiger partial charge in [-0.15, -0.1) is 0 Å². The number of aromatic nitrogens is 7. The summed E-state index contributed by atoms with van der Waals surface area (Å²) in [6.07, 6.45) is 24.2. The molecule has 0 saturated carbocycles. The van der Waals surface area contributed by atoms with Crippen LogP contribution >= 0.6 is 0 Å². The van der Waals surface area contributed by atoms with Crippen molar-refractivity contribution in [3.05, 3.63) is 126 Å². The summed E-state index contributed by atoms with van der Waals surface area (Å²) in [5.74, 6) is 1.45. The molecule has 4 aromatic rings. The Hall–Kier alpha value is -5.69. The fraction of sp³-hybridized carbons (Fsp3) is 0.377. The molecule has 0 unspecified atom stereocenters. The average molecular weight is 818 g/mol. The molecular weight excluding hydrogens is 735 g/mol. The Morgan fingerprint density at radius 3 is 1.53 bits per heavy atom. The second kappa shape index (κ2) is 41.5. The van der Waals surface area contributed by atoms with Crippen molar-refractivity contribution in [1.29, 1.82) is 0 Å². The van der Waals surface area contributed by atoms with Crippen LogP contribution in [-0.2, 0) is 0 Å². The summed E-state index contributed by atoms with van der Waals surface area (Å²) in [5, 5.41) is 3.67. The predicted octanol–water partition coefficient (Wildman–Crippen LogP) is 15.6. The minimum atomic E-state index is 0.424. The molecule has 0 saturated heterocycles. The predicted molar refractivity (Wildman–Crippen MR) is 277 cm³/mol. The van der Waals surface area contributed by atoms with Gasteiger partial charge in [-0.1, -0.05) is 209 Å². The van der Waals surface area contributed by atoms with Gasteiger partial charge in [0.15, 0.2) is 17.5 Å². The first-order chi connectivity index (χ1) is 29.5. The molecule has 0 fully saturated rings. The van der Waals surface area contributed by atoms with Crippen molar-refractivity contribution in [2.24, 2.45) is 0 Å². The number of rotatable bonds is 9. The molecule has 0 amide bonds. The third kappa shape index (κ3) is 20.8. The minimum absolute atomic E-state index is 0.424. The maximum Gasteiger partial charge on any atom is 0.157 e. The Balaban J connectivity index is -0.00000101. The number of hydrogen-bond donors (Lipinski definition) is 2. The molecule has 60 heavy (non-hydrogen) atoms. The van der Waals surface area contributed by atoms with Gasteiger partial charge in [0.05, 0.1) is 5.69 Å². The van der Waals surface area contributed by atoms with Crippen LogP contribution in [0.25, 0.3) is 69.2 Å². The van der Waals surface area contributed by atoms with Crippen LogP contribution in [0.3, 0.4) is 0 Å². The highest BCUT2D eigenvalue weighted by Crippen LogP contribution is 2.22. The van der Waals surface area contributed by atoms with Crippen LogP contribution in [0.15, 0.2) is 92.6 Å². The molecular formula is C53H83N7. The topological polar surface area (TPSA) is 96.0 Å². The molecule has 7 heteroatoms. The fourth-order valence-corrected chi connectivity index (χ4v) is 4.83. The van der Waals surface area contributed by atoms with E-state index in [-0.39, 0.29) is 0 Å². The summed E-state index contributed by atoms with van der Waals surface area (Å²) in [6, 6.07) is 10.0. The smallest absolute Gasteiger partial charge is 0.157 e. The molecule has 0 aliphatic rings. The summed E-state index contributed by atoms with van der Waals surface area (Å²) in [5.41, 5.74) is 4.43. The van der Waals surface area contributed by atoms with Crippen LogP contribution in [0.5, 0.6) is 0 Å². The molecule has 0 aliphatic heterocycles. The normalized spacial score (nSPS) is 10.6. The quantitative estimate of drug-likeness (QED) is 0.164. The van der Waals surface area contributed by atoms with Crippen LogP contribution in [0.2, 0.25) is 0 Å². The largest absolute Gasteiger partial charge is 0.339 e. The molecule has 0 aliphatic carbocycles. The lowest BCUT2D eigenvalue weighted by Crippen LogP contribution is -2.20. The highest BCUT2D eigenvalue weighted by Gasteiger charge is 2.08. The number of nitrogens with zero attached hydrogens (tertiary/aromatic N) is 5. The highest BCUT2D eigenvalue weighted by atomic mass is 15.0. The van der Waals surface area contributed by atoms with E-state index >= 15 is 0 Å². The zero-order chi connectivity index (χ0) is 46.9. The zero-order valence-corrected chi connectivity index (χ0v) is 41.1. The van der Waals surface area contributed by atoms with Crippen molar-refractivity contribution in [1.82, 2.24) is 34.9 Å². The lowest BCUT2D eigenvalue weighted by molar-refractivity contribution is 1.10. The molecule has 7 nitrogen and oxygen atoms in total. The molecule has 4 bridgehead atoms. The van der Waals surface area contributed by atoms with Gasteiger partial charge < -0.3 is 9.97 Å². The summed E-state index contributed by atoms with van der Waals surface area (Å²) < 4.78 is 0. The van der Waals surface area contributed by atoms with Gasteiger partial charge in [-0.05, 0) is 56.6 Å². The van der Waals surface area contributed by atoms with E-state index in [0.717, 1.165) is 50.8 Å². The van der Waals surface area contributed by atoms with Gasteiger partial charge in [0.25, 0.3) is 0 Å². The molecule has 330 valence electrons. The van der Waals surface area contributed by atoms with E-state index in [1.807, 2.05) is 159 Å². The molecule has 0 spiro atoms. The number of fused-ring (bicyclic) bond motifs is 7. The Morgan fingerprint density at radius 2 is 1.08 bits per heavy atom. The van der Waals surface area contributed by atoms with E-state index in [1.165, 1.54) is 0 Å². The first-order valence-corrected chi connectivity index (χ1v) is 22.4. The van der Waals surface area contributed by atoms with Crippen LogP contribution < -0.4 is 10.4 Å². The number of H-pyrrole nitrogens is 2. The summed E-state index contributed by atoms with van der Waals surface area (Å²) in [4.78, 5) is 32.0. The number of hydrogen-bond acceptors (Lipinski definition) is 5. The third-order valence-electron chi connectivity index (χ3n) is 6.91. The van der Waals surface area contributed by atoms with E-state index in [2.05, 4.69) is 55.7 Å². The number of aromatic amines is 2. The first kappa shape index (κ1) is 61.0. The van der Waals surface area contributed by atoms with Gasteiger partial charge in [-0.25, -0.2) is 24.9 Å². The van der Waals surface area contributed by atoms with E-state index in [0.29, 0.717) is 34.4 Å². The number of allylic oxidation sites excluding steroid dienone is 8. The second-order valence-electron chi connectivity index (χ2n) is 10.2. The highest BCUT2D eigenvalue weighted by molar-refractivity contribution is 6.04. The standard InChI is InChI=1S/C39H41N7.7C2H6/c1-8-14-21-28-26-33-30(20-12-5)29(13-6)37(41-33)43-34(24-15-9-2)42-35(25-16-10-3)44-38-31-22-17-18-23-32(31)39(46-38)45-36(40-28)27(7)19-11-4;7*1-2/h9-10,12-26,46H,2-3,5,8,11H2,1,4,6-7H3,(H,41,42,43,44);7*1-2H3/b21-14+,24-15+,25-16+,27-19+,29-13+,30-20+,33-26?,40-28?,45-36?;;;;;;;. The maximum atomic E-state index is 5.13. The Bertz CT molecular complexity index is 2150. The van der Waals surface area contributed by atoms with Crippen LogP contribution in [0.4, 0.5) is 0 Å². The Labute approximate surface area is 366 Å². The van der Waals surface area contributed by atoms with Gasteiger partial charge in [-0.3, -0.25) is 0 Å². The monoisotopic (exact) mass is 818 g/mol. The summed E-state index contributed by atoms with van der Waals surface area (Å²) >= 11 is 0. The Morgan fingerprint density at radius 1 is 0.583 bits per heavy atom. The van der Waals surface area contributed by atoms with Crippen LogP contribution in [0, 0.1) is 0 Å². The molecule has 2 N–H and O–H groups in total. The van der Waals surface area contributed by atoms with Crippen molar-refractivity contribution in [3.63, 3.8) is 0 Å². The molecule has 0 radical (unpaired) electrons. The van der Waals surface area contributed by atoms with Crippen molar-refractivity contribution >= 4 is 69.2 Å². The summed E-state index contributed by atoms with van der Waals surface area (Å²) in [6.45, 7) is 47.9. The van der Waals surface area contributed by atoms with Gasteiger partial charge in [0, 0.05) is 26.7 Å². The van der Waals surface area contributed by atoms with Crippen molar-refractivity contribution in [2.75, 3.05) is 0 Å². The summed E-state index contributed by atoms with van der Waals surface area (Å²) in [7, 11) is 0. The third-order valence-corrected chi connectivity index (χ3v) is 6.91. The lowest BCUT2D eigenvalue weighted by Gasteiger charge is -1.99. The molecule has 4 rings (SSSR count). The SMILES string of the molecule is C=C/C=C/c1nc(/C=C/C=C)nc2[nH]c(nc(/C(C)=C/CC)nc(/C=C/CC)cc3[nH]c(n1)c(=C/C)/c3=C\C=C)c1ccccc21.CC.CC.CC.CC.CC.CC.CC. The molecule has 3 aromatic heterocycles. The fourth-order valence-electron chi connectivity index (χ4n) is 4.83. The lowest BCUT2D eigenvalue weighted by atomic mass is 10.2. The van der Waals surface area contributed by atoms with Crippen molar-refractivity contribution < 1.29 is 0 Å². The van der Waals surface area contributed by atoms with E-state index in [9.17, 15) is 0 Å². The minimum Gasteiger partial charge on any atom is -0.339 e. The van der Waals surface area contributed by atoms with E-state index in [4.69, 9.17) is 24.9 Å². The van der Waals surface area contributed by atoms with Crippen LogP contribution in [0.1, 0.15) is 161 Å². The van der Waals surface area contributed by atoms with Crippen molar-refractivity contribution in [3.8, 4) is 0 Å². The van der Waals surface area contributed by atoms with Crippen molar-refractivity contribution in [2.45, 2.75) is 137 Å². The van der Waals surface area contributed by atoms with E-state index < -0.39 is 0 Å². The number of benzene rings is 1. The zero-order valence-electron chi connectivity index (χ0n) is 41.1. The number of nitrogens with one attached hydrogen (secondary N) is 2. The van der Waals surface area contributed by atoms with Gasteiger partial charge in [0.1, 0.15) is 16.9 Å². The Kier molecular flexibility index (Phi) is 42.1. The second-order valence-corrected chi connectivity index (χ2v) is 10.2. The van der Waals surface area contributed by atoms with Gasteiger partial charge in [-0.2, -0.15) is 0 Å².